The van der Waals surface area contributed by atoms with Gasteiger partial charge in [0.15, 0.2) is 0 Å². The Bertz CT molecular complexity index is 386. The lowest BCUT2D eigenvalue weighted by molar-refractivity contribution is -0.140. The molecule has 0 radical (unpaired) electrons. The number of nitrogens with one attached hydrogen (secondary N) is 2. The van der Waals surface area contributed by atoms with Crippen LogP contribution in [0.15, 0.2) is 12.2 Å². The van der Waals surface area contributed by atoms with Gasteiger partial charge in [-0.05, 0) is 38.8 Å². The molecule has 1 amide bonds. The molecule has 0 bridgehead atoms. The summed E-state index contributed by atoms with van der Waals surface area (Å²) in [5.74, 6) is -1.20. The second kappa shape index (κ2) is 5.74. The van der Waals surface area contributed by atoms with Crippen LogP contribution < -0.4 is 10.6 Å². The van der Waals surface area contributed by atoms with E-state index >= 15 is 0 Å². The van der Waals surface area contributed by atoms with Gasteiger partial charge >= 0.3 is 5.97 Å². The summed E-state index contributed by atoms with van der Waals surface area (Å²) in [5.41, 5.74) is -0.277. The lowest BCUT2D eigenvalue weighted by atomic mass is 9.75. The molecule has 3 N–H and O–H groups in total. The molecule has 106 valence electrons. The molecule has 5 nitrogen and oxygen atoms in total. The van der Waals surface area contributed by atoms with Gasteiger partial charge in [-0.3, -0.25) is 9.59 Å². The lowest BCUT2D eigenvalue weighted by Gasteiger charge is -2.36. The number of amides is 1. The molecule has 0 spiro atoms. The molecule has 2 aliphatic rings. The van der Waals surface area contributed by atoms with E-state index in [1.165, 1.54) is 0 Å². The minimum atomic E-state index is -0.819. The number of carboxylic acid groups (broad SMARTS) is 1. The van der Waals surface area contributed by atoms with Crippen molar-refractivity contribution in [2.24, 2.45) is 11.3 Å². The van der Waals surface area contributed by atoms with Crippen LogP contribution in [0.1, 0.15) is 32.6 Å². The molecule has 1 aliphatic carbocycles. The molecule has 2 unspecified atom stereocenters. The van der Waals surface area contributed by atoms with Crippen molar-refractivity contribution in [1.82, 2.24) is 10.6 Å². The lowest BCUT2D eigenvalue weighted by Crippen LogP contribution is -2.49. The Kier molecular flexibility index (Phi) is 4.24. The van der Waals surface area contributed by atoms with Gasteiger partial charge in [-0.15, -0.1) is 0 Å². The number of carboxylic acids is 1. The van der Waals surface area contributed by atoms with E-state index in [4.69, 9.17) is 5.11 Å². The van der Waals surface area contributed by atoms with Crippen molar-refractivity contribution in [1.29, 1.82) is 0 Å². The zero-order valence-corrected chi connectivity index (χ0v) is 11.3. The van der Waals surface area contributed by atoms with Crippen LogP contribution >= 0.6 is 0 Å². The molecule has 19 heavy (non-hydrogen) atoms. The first-order valence-corrected chi connectivity index (χ1v) is 7.00. The number of piperidine rings is 1. The third kappa shape index (κ3) is 2.97. The summed E-state index contributed by atoms with van der Waals surface area (Å²) >= 11 is 0. The minimum absolute atomic E-state index is 0.0807. The maximum atomic E-state index is 12.5. The van der Waals surface area contributed by atoms with Gasteiger partial charge in [-0.1, -0.05) is 19.1 Å². The topological polar surface area (TPSA) is 78.4 Å². The largest absolute Gasteiger partial charge is 0.481 e. The van der Waals surface area contributed by atoms with E-state index in [0.717, 1.165) is 32.4 Å². The van der Waals surface area contributed by atoms with Gasteiger partial charge in [0.05, 0.1) is 11.3 Å². The number of hydrogen-bond donors (Lipinski definition) is 3. The van der Waals surface area contributed by atoms with Crippen LogP contribution in [0, 0.1) is 11.3 Å². The van der Waals surface area contributed by atoms with E-state index < -0.39 is 11.9 Å². The van der Waals surface area contributed by atoms with Gasteiger partial charge in [-0.25, -0.2) is 0 Å². The quantitative estimate of drug-likeness (QED) is 0.661. The Balaban J connectivity index is 1.94. The summed E-state index contributed by atoms with van der Waals surface area (Å²) in [6.45, 7) is 3.80. The van der Waals surface area contributed by atoms with Crippen LogP contribution in [-0.4, -0.2) is 36.1 Å². The molecule has 0 aromatic heterocycles. The molecule has 5 heteroatoms. The highest BCUT2D eigenvalue weighted by Gasteiger charge is 2.39. The third-order valence-corrected chi connectivity index (χ3v) is 4.44. The Morgan fingerprint density at radius 3 is 2.58 bits per heavy atom. The maximum absolute atomic E-state index is 12.5. The average molecular weight is 266 g/mol. The van der Waals surface area contributed by atoms with Crippen LogP contribution in [-0.2, 0) is 9.59 Å². The van der Waals surface area contributed by atoms with E-state index in [2.05, 4.69) is 17.6 Å². The normalized spacial score (nSPS) is 29.1. The van der Waals surface area contributed by atoms with Crippen molar-refractivity contribution in [3.8, 4) is 0 Å². The standard InChI is InChI=1S/C14H22N2O3/c1-2-14(5-7-15-8-6-14)13(19)16-11-4-3-10(9-11)12(17)18/h3-4,10-11,15H,2,5-9H2,1H3,(H,16,19)(H,17,18). The van der Waals surface area contributed by atoms with Crippen LogP contribution in [0.2, 0.25) is 0 Å². The summed E-state index contributed by atoms with van der Waals surface area (Å²) in [5, 5.41) is 15.2. The second-order valence-corrected chi connectivity index (χ2v) is 5.53. The van der Waals surface area contributed by atoms with E-state index in [0.29, 0.717) is 6.42 Å². The Morgan fingerprint density at radius 2 is 2.05 bits per heavy atom. The first-order chi connectivity index (χ1) is 9.07. The van der Waals surface area contributed by atoms with E-state index in [1.807, 2.05) is 0 Å². The molecule has 0 aromatic rings. The van der Waals surface area contributed by atoms with Crippen molar-refractivity contribution in [3.05, 3.63) is 12.2 Å². The molecule has 2 atom stereocenters. The van der Waals surface area contributed by atoms with Crippen molar-refractivity contribution in [2.75, 3.05) is 13.1 Å². The van der Waals surface area contributed by atoms with Gasteiger partial charge in [-0.2, -0.15) is 0 Å². The predicted molar refractivity (Wildman–Crippen MR) is 71.6 cm³/mol. The van der Waals surface area contributed by atoms with Gasteiger partial charge in [0.25, 0.3) is 0 Å². The minimum Gasteiger partial charge on any atom is -0.481 e. The molecule has 2 rings (SSSR count). The van der Waals surface area contributed by atoms with Crippen molar-refractivity contribution in [2.45, 2.75) is 38.6 Å². The zero-order valence-electron chi connectivity index (χ0n) is 11.3. The third-order valence-electron chi connectivity index (χ3n) is 4.44. The van der Waals surface area contributed by atoms with Gasteiger partial charge < -0.3 is 15.7 Å². The number of rotatable bonds is 4. The summed E-state index contributed by atoms with van der Waals surface area (Å²) in [6.07, 6.45) is 6.50. The van der Waals surface area contributed by atoms with Crippen LogP contribution in [0.5, 0.6) is 0 Å². The smallest absolute Gasteiger partial charge is 0.310 e. The average Bonchev–Trinajstić information content (AvgIpc) is 2.88. The Labute approximate surface area is 113 Å². The summed E-state index contributed by atoms with van der Waals surface area (Å²) in [6, 6.07) is -0.132. The zero-order chi connectivity index (χ0) is 13.9. The Hall–Kier alpha value is -1.36. The molecule has 0 saturated carbocycles. The number of hydrogen-bond acceptors (Lipinski definition) is 3. The molecule has 1 saturated heterocycles. The highest BCUT2D eigenvalue weighted by Crippen LogP contribution is 2.33. The summed E-state index contributed by atoms with van der Waals surface area (Å²) in [4.78, 5) is 23.3. The van der Waals surface area contributed by atoms with Gasteiger partial charge in [0.2, 0.25) is 5.91 Å². The molecule has 1 aliphatic heterocycles. The van der Waals surface area contributed by atoms with Crippen LogP contribution in [0.3, 0.4) is 0 Å². The second-order valence-electron chi connectivity index (χ2n) is 5.53. The first kappa shape index (κ1) is 14.1. The summed E-state index contributed by atoms with van der Waals surface area (Å²) in [7, 11) is 0. The molecular formula is C14H22N2O3. The maximum Gasteiger partial charge on any atom is 0.310 e. The monoisotopic (exact) mass is 266 g/mol. The molecule has 0 aromatic carbocycles. The highest BCUT2D eigenvalue weighted by molar-refractivity contribution is 5.83. The first-order valence-electron chi connectivity index (χ1n) is 7.00. The van der Waals surface area contributed by atoms with Gasteiger partial charge in [0, 0.05) is 6.04 Å². The fraction of sp³-hybridized carbons (Fsp3) is 0.714. The SMILES string of the molecule is CCC1(C(=O)NC2C=CC(C(=O)O)C2)CCNCC1. The van der Waals surface area contributed by atoms with Crippen molar-refractivity contribution < 1.29 is 14.7 Å². The highest BCUT2D eigenvalue weighted by atomic mass is 16.4. The predicted octanol–water partition coefficient (Wildman–Crippen LogP) is 0.912. The van der Waals surface area contributed by atoms with Crippen LogP contribution in [0.4, 0.5) is 0 Å². The van der Waals surface area contributed by atoms with E-state index in [9.17, 15) is 9.59 Å². The fourth-order valence-corrected chi connectivity index (χ4v) is 2.96. The number of carbonyl (C=O) groups is 2. The van der Waals surface area contributed by atoms with Gasteiger partial charge in [0.1, 0.15) is 0 Å². The summed E-state index contributed by atoms with van der Waals surface area (Å²) < 4.78 is 0. The fourth-order valence-electron chi connectivity index (χ4n) is 2.96. The van der Waals surface area contributed by atoms with E-state index in [-0.39, 0.29) is 17.4 Å². The molecule has 1 heterocycles. The molecular weight excluding hydrogens is 244 g/mol. The molecule has 1 fully saturated rings. The van der Waals surface area contributed by atoms with Crippen molar-refractivity contribution in [3.63, 3.8) is 0 Å². The number of aliphatic carboxylic acids is 1. The van der Waals surface area contributed by atoms with Crippen LogP contribution in [0.25, 0.3) is 0 Å². The number of carbonyl (C=O) groups excluding carboxylic acids is 1. The Morgan fingerprint density at radius 1 is 1.37 bits per heavy atom. The van der Waals surface area contributed by atoms with E-state index in [1.54, 1.807) is 12.2 Å². The van der Waals surface area contributed by atoms with Crippen molar-refractivity contribution >= 4 is 11.9 Å².